The fourth-order valence-electron chi connectivity index (χ4n) is 2.07. The van der Waals surface area contributed by atoms with E-state index >= 15 is 0 Å². The molecule has 0 spiro atoms. The first-order chi connectivity index (χ1) is 9.49. The molecular weight excluding hydrogens is 260 g/mol. The van der Waals surface area contributed by atoms with Crippen LogP contribution in [0.1, 0.15) is 39.0 Å². The van der Waals surface area contributed by atoms with Crippen molar-refractivity contribution in [2.24, 2.45) is 11.3 Å². The van der Waals surface area contributed by atoms with Crippen LogP contribution in [-0.2, 0) is 9.53 Å². The van der Waals surface area contributed by atoms with E-state index in [2.05, 4.69) is 10.6 Å². The van der Waals surface area contributed by atoms with E-state index in [0.717, 1.165) is 25.9 Å². The number of ether oxygens (including phenoxy) is 1. The van der Waals surface area contributed by atoms with Crippen LogP contribution < -0.4 is 10.6 Å². The van der Waals surface area contributed by atoms with Crippen molar-refractivity contribution in [3.05, 3.63) is 0 Å². The van der Waals surface area contributed by atoms with Crippen molar-refractivity contribution in [1.29, 1.82) is 0 Å². The molecule has 1 aliphatic carbocycles. The molecule has 1 rings (SSSR count). The van der Waals surface area contributed by atoms with Crippen LogP contribution in [0.25, 0.3) is 0 Å². The van der Waals surface area contributed by atoms with Gasteiger partial charge in [-0.25, -0.2) is 4.79 Å². The molecule has 6 heteroatoms. The minimum absolute atomic E-state index is 0.170. The summed E-state index contributed by atoms with van der Waals surface area (Å²) >= 11 is 0. The third-order valence-corrected chi connectivity index (χ3v) is 3.94. The Hall–Kier alpha value is -1.30. The molecular formula is C14H26N2O4. The first kappa shape index (κ1) is 16.8. The SMILES string of the molecule is COCCC1(CNC(=O)NCCCC(C)C(=O)O)CC1. The summed E-state index contributed by atoms with van der Waals surface area (Å²) in [4.78, 5) is 22.2. The van der Waals surface area contributed by atoms with E-state index in [1.807, 2.05) is 0 Å². The van der Waals surface area contributed by atoms with Crippen LogP contribution in [0.15, 0.2) is 0 Å². The maximum absolute atomic E-state index is 11.6. The maximum Gasteiger partial charge on any atom is 0.314 e. The van der Waals surface area contributed by atoms with Crippen LogP contribution in [0.5, 0.6) is 0 Å². The van der Waals surface area contributed by atoms with Gasteiger partial charge in [0.15, 0.2) is 0 Å². The van der Waals surface area contributed by atoms with Gasteiger partial charge in [-0.05, 0) is 37.5 Å². The van der Waals surface area contributed by atoms with E-state index in [4.69, 9.17) is 9.84 Å². The largest absolute Gasteiger partial charge is 0.481 e. The summed E-state index contributed by atoms with van der Waals surface area (Å²) in [7, 11) is 1.69. The monoisotopic (exact) mass is 286 g/mol. The number of rotatable bonds is 10. The highest BCUT2D eigenvalue weighted by Crippen LogP contribution is 2.48. The minimum atomic E-state index is -0.789. The molecule has 0 radical (unpaired) electrons. The highest BCUT2D eigenvalue weighted by Gasteiger charge is 2.42. The summed E-state index contributed by atoms with van der Waals surface area (Å²) in [5.41, 5.74) is 0.241. The first-order valence-electron chi connectivity index (χ1n) is 7.22. The average Bonchev–Trinajstić information content (AvgIpc) is 3.19. The molecule has 1 unspecified atom stereocenters. The summed E-state index contributed by atoms with van der Waals surface area (Å²) < 4.78 is 5.07. The third kappa shape index (κ3) is 6.23. The van der Waals surface area contributed by atoms with Crippen molar-refractivity contribution >= 4 is 12.0 Å². The fraction of sp³-hybridized carbons (Fsp3) is 0.857. The second-order valence-electron chi connectivity index (χ2n) is 5.73. The highest BCUT2D eigenvalue weighted by molar-refractivity contribution is 5.73. The smallest absolute Gasteiger partial charge is 0.314 e. The van der Waals surface area contributed by atoms with Gasteiger partial charge in [0.25, 0.3) is 0 Å². The molecule has 1 atom stereocenters. The first-order valence-corrected chi connectivity index (χ1v) is 7.22. The molecule has 3 N–H and O–H groups in total. The summed E-state index contributed by atoms with van der Waals surface area (Å²) in [6.07, 6.45) is 4.53. The van der Waals surface area contributed by atoms with E-state index in [-0.39, 0.29) is 17.4 Å². The number of hydrogen-bond donors (Lipinski definition) is 3. The minimum Gasteiger partial charge on any atom is -0.481 e. The third-order valence-electron chi connectivity index (χ3n) is 3.94. The van der Waals surface area contributed by atoms with Crippen LogP contribution in [0.4, 0.5) is 4.79 Å². The van der Waals surface area contributed by atoms with Gasteiger partial charge in [0.2, 0.25) is 0 Å². The van der Waals surface area contributed by atoms with Gasteiger partial charge in [-0.3, -0.25) is 4.79 Å². The van der Waals surface area contributed by atoms with Crippen LogP contribution in [-0.4, -0.2) is 43.9 Å². The Morgan fingerprint density at radius 1 is 1.35 bits per heavy atom. The van der Waals surface area contributed by atoms with Gasteiger partial charge in [-0.15, -0.1) is 0 Å². The molecule has 0 aliphatic heterocycles. The number of aliphatic carboxylic acids is 1. The Bertz CT molecular complexity index is 329. The molecule has 1 fully saturated rings. The number of methoxy groups -OCH3 is 1. The molecule has 6 nitrogen and oxygen atoms in total. The lowest BCUT2D eigenvalue weighted by atomic mass is 10.0. The van der Waals surface area contributed by atoms with Crippen LogP contribution in [0.2, 0.25) is 0 Å². The van der Waals surface area contributed by atoms with Gasteiger partial charge in [0.1, 0.15) is 0 Å². The molecule has 0 saturated heterocycles. The molecule has 116 valence electrons. The molecule has 1 saturated carbocycles. The number of carboxylic acid groups (broad SMARTS) is 1. The Morgan fingerprint density at radius 2 is 2.05 bits per heavy atom. The standard InChI is InChI=1S/C14H26N2O4/c1-11(12(17)18)4-3-8-15-13(19)16-10-14(5-6-14)7-9-20-2/h11H,3-10H2,1-2H3,(H,17,18)(H2,15,16,19). The molecule has 0 aromatic heterocycles. The summed E-state index contributed by atoms with van der Waals surface area (Å²) in [6.45, 7) is 3.60. The Kier molecular flexibility index (Phi) is 6.78. The summed E-state index contributed by atoms with van der Waals surface area (Å²) in [5, 5.41) is 14.4. The van der Waals surface area contributed by atoms with E-state index < -0.39 is 5.97 Å². The van der Waals surface area contributed by atoms with Crippen LogP contribution in [0.3, 0.4) is 0 Å². The van der Waals surface area contributed by atoms with Gasteiger partial charge in [0, 0.05) is 26.8 Å². The zero-order valence-corrected chi connectivity index (χ0v) is 12.4. The van der Waals surface area contributed by atoms with Crippen molar-refractivity contribution in [3.63, 3.8) is 0 Å². The van der Waals surface area contributed by atoms with Crippen LogP contribution >= 0.6 is 0 Å². The van der Waals surface area contributed by atoms with Gasteiger partial charge in [0.05, 0.1) is 5.92 Å². The number of carbonyl (C=O) groups excluding carboxylic acids is 1. The Labute approximate surface area is 120 Å². The van der Waals surface area contributed by atoms with E-state index in [9.17, 15) is 9.59 Å². The van der Waals surface area contributed by atoms with E-state index in [0.29, 0.717) is 25.9 Å². The van der Waals surface area contributed by atoms with Crippen molar-refractivity contribution < 1.29 is 19.4 Å². The Balaban J connectivity index is 2.05. The molecule has 20 heavy (non-hydrogen) atoms. The summed E-state index contributed by atoms with van der Waals surface area (Å²) in [6, 6.07) is -0.170. The zero-order chi connectivity index (χ0) is 15.0. The lowest BCUT2D eigenvalue weighted by Crippen LogP contribution is -2.39. The van der Waals surface area contributed by atoms with Gasteiger partial charge < -0.3 is 20.5 Å². The molecule has 0 aromatic carbocycles. The molecule has 1 aliphatic rings. The van der Waals surface area contributed by atoms with Gasteiger partial charge in [-0.1, -0.05) is 6.92 Å². The van der Waals surface area contributed by atoms with Crippen molar-refractivity contribution in [2.75, 3.05) is 26.8 Å². The number of nitrogens with one attached hydrogen (secondary N) is 2. The quantitative estimate of drug-likeness (QED) is 0.532. The highest BCUT2D eigenvalue weighted by atomic mass is 16.5. The Morgan fingerprint density at radius 3 is 2.60 bits per heavy atom. The summed E-state index contributed by atoms with van der Waals surface area (Å²) in [5.74, 6) is -1.15. The maximum atomic E-state index is 11.6. The number of amides is 2. The number of hydrogen-bond acceptors (Lipinski definition) is 3. The molecule has 2 amide bonds. The number of carboxylic acids is 1. The lowest BCUT2D eigenvalue weighted by Gasteiger charge is -2.16. The van der Waals surface area contributed by atoms with Crippen molar-refractivity contribution in [3.8, 4) is 0 Å². The molecule has 0 aromatic rings. The topological polar surface area (TPSA) is 87.7 Å². The second-order valence-corrected chi connectivity index (χ2v) is 5.73. The number of urea groups is 1. The van der Waals surface area contributed by atoms with Gasteiger partial charge >= 0.3 is 12.0 Å². The van der Waals surface area contributed by atoms with Crippen molar-refractivity contribution in [1.82, 2.24) is 10.6 Å². The van der Waals surface area contributed by atoms with Crippen LogP contribution in [0, 0.1) is 11.3 Å². The molecule has 0 bridgehead atoms. The number of carbonyl (C=O) groups is 2. The van der Waals surface area contributed by atoms with Crippen molar-refractivity contribution in [2.45, 2.75) is 39.0 Å². The lowest BCUT2D eigenvalue weighted by molar-refractivity contribution is -0.141. The second kappa shape index (κ2) is 8.09. The van der Waals surface area contributed by atoms with E-state index in [1.165, 1.54) is 0 Å². The molecule has 0 heterocycles. The van der Waals surface area contributed by atoms with Gasteiger partial charge in [-0.2, -0.15) is 0 Å². The normalized spacial score (nSPS) is 17.3. The average molecular weight is 286 g/mol. The fourth-order valence-corrected chi connectivity index (χ4v) is 2.07. The van der Waals surface area contributed by atoms with E-state index in [1.54, 1.807) is 14.0 Å². The predicted octanol–water partition coefficient (Wildman–Crippen LogP) is 1.60. The predicted molar refractivity (Wildman–Crippen MR) is 75.6 cm³/mol. The zero-order valence-electron chi connectivity index (χ0n) is 12.4.